The van der Waals surface area contributed by atoms with E-state index in [4.69, 9.17) is 14.6 Å². The van der Waals surface area contributed by atoms with Crippen LogP contribution in [0.3, 0.4) is 0 Å². The van der Waals surface area contributed by atoms with E-state index in [0.29, 0.717) is 32.7 Å². The lowest BCUT2D eigenvalue weighted by Crippen LogP contribution is -2.51. The van der Waals surface area contributed by atoms with Crippen molar-refractivity contribution in [1.29, 1.82) is 0 Å². The Morgan fingerprint density at radius 3 is 2.43 bits per heavy atom. The second-order valence-electron chi connectivity index (χ2n) is 7.31. The molecule has 2 rings (SSSR count). The van der Waals surface area contributed by atoms with Crippen molar-refractivity contribution in [3.63, 3.8) is 0 Å². The van der Waals surface area contributed by atoms with Crippen molar-refractivity contribution < 1.29 is 24.2 Å². The summed E-state index contributed by atoms with van der Waals surface area (Å²) in [5.74, 6) is -0.369. The number of carboxylic acids is 1. The molecule has 1 N–H and O–H groups in total. The maximum atomic E-state index is 12.3. The maximum absolute atomic E-state index is 12.3. The molecule has 0 radical (unpaired) electrons. The largest absolute Gasteiger partial charge is 0.481 e. The number of carbonyl (C=O) groups excluding carboxylic acids is 1. The predicted molar refractivity (Wildman–Crippen MR) is 85.2 cm³/mol. The van der Waals surface area contributed by atoms with E-state index in [2.05, 4.69) is 6.08 Å². The molecule has 2 unspecified atom stereocenters. The highest BCUT2D eigenvalue weighted by Gasteiger charge is 2.38. The van der Waals surface area contributed by atoms with Gasteiger partial charge in [-0.1, -0.05) is 11.6 Å². The van der Waals surface area contributed by atoms with Gasteiger partial charge in [-0.15, -0.1) is 0 Å². The number of piperidine rings is 1. The van der Waals surface area contributed by atoms with E-state index in [1.807, 2.05) is 20.8 Å². The molecule has 1 amide bonds. The van der Waals surface area contributed by atoms with Gasteiger partial charge in [0.05, 0.1) is 13.2 Å². The second kappa shape index (κ2) is 7.34. The minimum Gasteiger partial charge on any atom is -0.481 e. The third-order valence-corrected chi connectivity index (χ3v) is 4.09. The van der Waals surface area contributed by atoms with E-state index in [1.165, 1.54) is 5.57 Å². The summed E-state index contributed by atoms with van der Waals surface area (Å²) in [5, 5.41) is 8.70. The second-order valence-corrected chi connectivity index (χ2v) is 7.31. The van der Waals surface area contributed by atoms with Gasteiger partial charge >= 0.3 is 12.1 Å². The zero-order chi connectivity index (χ0) is 17.0. The van der Waals surface area contributed by atoms with Crippen LogP contribution in [0.4, 0.5) is 4.79 Å². The Balaban J connectivity index is 1.96. The summed E-state index contributed by atoms with van der Waals surface area (Å²) in [6, 6.07) is 0. The lowest BCUT2D eigenvalue weighted by atomic mass is 9.81. The van der Waals surface area contributed by atoms with Crippen molar-refractivity contribution in [2.75, 3.05) is 26.3 Å². The number of carboxylic acid groups (broad SMARTS) is 1. The normalized spacial score (nSPS) is 24.3. The van der Waals surface area contributed by atoms with Crippen LogP contribution in [-0.4, -0.2) is 54.0 Å². The molecule has 0 aliphatic carbocycles. The average molecular weight is 325 g/mol. The predicted octanol–water partition coefficient (Wildman–Crippen LogP) is 2.68. The lowest BCUT2D eigenvalue weighted by Gasteiger charge is -2.43. The first-order chi connectivity index (χ1) is 10.8. The van der Waals surface area contributed by atoms with Gasteiger partial charge < -0.3 is 19.5 Å². The van der Waals surface area contributed by atoms with Crippen LogP contribution in [0.5, 0.6) is 0 Å². The lowest BCUT2D eigenvalue weighted by molar-refractivity contribution is -0.137. The van der Waals surface area contributed by atoms with Crippen molar-refractivity contribution >= 4 is 12.1 Å². The van der Waals surface area contributed by atoms with Gasteiger partial charge in [0, 0.05) is 31.3 Å². The van der Waals surface area contributed by atoms with Gasteiger partial charge in [-0.05, 0) is 33.6 Å². The fraction of sp³-hybridized carbons (Fsp3) is 0.765. The Kier molecular flexibility index (Phi) is 5.68. The van der Waals surface area contributed by atoms with E-state index < -0.39 is 11.6 Å². The van der Waals surface area contributed by atoms with Crippen LogP contribution in [0, 0.1) is 11.8 Å². The Hall–Kier alpha value is -1.56. The topological polar surface area (TPSA) is 76.1 Å². The monoisotopic (exact) mass is 325 g/mol. The molecule has 130 valence electrons. The highest BCUT2D eigenvalue weighted by molar-refractivity contribution is 5.68. The highest BCUT2D eigenvalue weighted by atomic mass is 16.6. The minimum atomic E-state index is -0.758. The first-order valence-electron chi connectivity index (χ1n) is 8.23. The third kappa shape index (κ3) is 5.23. The zero-order valence-corrected chi connectivity index (χ0v) is 14.2. The number of ether oxygens (including phenoxy) is 2. The molecule has 0 spiro atoms. The molecule has 2 saturated heterocycles. The molecule has 0 saturated carbocycles. The minimum absolute atomic E-state index is 0.194. The summed E-state index contributed by atoms with van der Waals surface area (Å²) >= 11 is 0. The van der Waals surface area contributed by atoms with Crippen molar-refractivity contribution in [3.05, 3.63) is 11.6 Å². The number of nitrogens with zero attached hydrogens (tertiary/aromatic N) is 1. The number of fused-ring (bicyclic) bond motifs is 2. The van der Waals surface area contributed by atoms with Gasteiger partial charge in [-0.3, -0.25) is 4.79 Å². The first kappa shape index (κ1) is 17.8. The summed E-state index contributed by atoms with van der Waals surface area (Å²) in [7, 11) is 0. The number of rotatable bonds is 4. The molecule has 2 fully saturated rings. The Morgan fingerprint density at radius 2 is 1.91 bits per heavy atom. The highest BCUT2D eigenvalue weighted by Crippen LogP contribution is 2.33. The van der Waals surface area contributed by atoms with Crippen molar-refractivity contribution in [2.45, 2.75) is 45.6 Å². The van der Waals surface area contributed by atoms with Gasteiger partial charge in [-0.2, -0.15) is 0 Å². The van der Waals surface area contributed by atoms with Crippen molar-refractivity contribution in [1.82, 2.24) is 4.90 Å². The van der Waals surface area contributed by atoms with Gasteiger partial charge in [-0.25, -0.2) is 4.79 Å². The van der Waals surface area contributed by atoms with Gasteiger partial charge in [0.1, 0.15) is 5.60 Å². The van der Waals surface area contributed by atoms with E-state index in [-0.39, 0.29) is 24.3 Å². The fourth-order valence-corrected chi connectivity index (χ4v) is 3.13. The SMILES string of the molecule is CC(C)(C)OC(=O)N1CC2COCC(C1)C2=CCCCC(=O)O. The Bertz CT molecular complexity index is 464. The molecule has 6 nitrogen and oxygen atoms in total. The van der Waals surface area contributed by atoms with Gasteiger partial charge in [0.15, 0.2) is 0 Å². The number of aliphatic carboxylic acids is 1. The molecule has 2 atom stereocenters. The molecule has 2 bridgehead atoms. The van der Waals surface area contributed by atoms with E-state index in [1.54, 1.807) is 4.90 Å². The zero-order valence-electron chi connectivity index (χ0n) is 14.2. The van der Waals surface area contributed by atoms with E-state index in [9.17, 15) is 9.59 Å². The summed E-state index contributed by atoms with van der Waals surface area (Å²) in [4.78, 5) is 24.6. The quantitative estimate of drug-likeness (QED) is 0.635. The maximum Gasteiger partial charge on any atom is 0.410 e. The van der Waals surface area contributed by atoms with Crippen molar-refractivity contribution in [2.24, 2.45) is 11.8 Å². The van der Waals surface area contributed by atoms with E-state index >= 15 is 0 Å². The molecular formula is C17H27NO5. The smallest absolute Gasteiger partial charge is 0.410 e. The van der Waals surface area contributed by atoms with Gasteiger partial charge in [0.2, 0.25) is 0 Å². The molecular weight excluding hydrogens is 298 g/mol. The van der Waals surface area contributed by atoms with Crippen LogP contribution < -0.4 is 0 Å². The number of hydrogen-bond acceptors (Lipinski definition) is 4. The summed E-state index contributed by atoms with van der Waals surface area (Å²) in [5.41, 5.74) is 0.830. The van der Waals surface area contributed by atoms with Crippen LogP contribution in [0.15, 0.2) is 11.6 Å². The number of amides is 1. The van der Waals surface area contributed by atoms with Crippen LogP contribution in [0.2, 0.25) is 0 Å². The van der Waals surface area contributed by atoms with Crippen LogP contribution >= 0.6 is 0 Å². The number of carbonyl (C=O) groups is 2. The van der Waals surface area contributed by atoms with Crippen LogP contribution in [-0.2, 0) is 14.3 Å². The number of hydrogen-bond donors (Lipinski definition) is 1. The standard InChI is InChI=1S/C17H27NO5/c1-17(2,3)23-16(21)18-8-12-10-22-11-13(9-18)14(12)6-4-5-7-15(19)20/h6,12-13H,4-5,7-11H2,1-3H3,(H,19,20). The summed E-state index contributed by atoms with van der Waals surface area (Å²) in [6.45, 7) is 8.04. The molecule has 2 heterocycles. The Morgan fingerprint density at radius 1 is 1.30 bits per heavy atom. The number of allylic oxidation sites excluding steroid dienone is 1. The van der Waals surface area contributed by atoms with Gasteiger partial charge in [0.25, 0.3) is 0 Å². The summed E-state index contributed by atoms with van der Waals surface area (Å²) in [6.07, 6.45) is 3.50. The third-order valence-electron chi connectivity index (χ3n) is 4.09. The van der Waals surface area contributed by atoms with Crippen LogP contribution in [0.1, 0.15) is 40.0 Å². The fourth-order valence-electron chi connectivity index (χ4n) is 3.13. The molecule has 6 heteroatoms. The van der Waals surface area contributed by atoms with E-state index in [0.717, 1.165) is 6.42 Å². The van der Waals surface area contributed by atoms with Crippen molar-refractivity contribution in [3.8, 4) is 0 Å². The molecule has 0 aromatic carbocycles. The average Bonchev–Trinajstić information content (AvgIpc) is 2.40. The summed E-state index contributed by atoms with van der Waals surface area (Å²) < 4.78 is 11.1. The Labute approximate surface area is 137 Å². The molecule has 2 aliphatic heterocycles. The molecule has 0 aromatic heterocycles. The molecule has 2 aliphatic rings. The number of unbranched alkanes of at least 4 members (excludes halogenated alkanes) is 1. The molecule has 0 aromatic rings. The molecule has 23 heavy (non-hydrogen) atoms. The first-order valence-corrected chi connectivity index (χ1v) is 8.23. The van der Waals surface area contributed by atoms with Crippen LogP contribution in [0.25, 0.3) is 0 Å². The number of likely N-dealkylation sites (tertiary alicyclic amines) is 1.